The number of carbonyl (C=O) groups excluding carboxylic acids is 3. The van der Waals surface area contributed by atoms with E-state index in [2.05, 4.69) is 37.8 Å². The summed E-state index contributed by atoms with van der Waals surface area (Å²) in [6.07, 6.45) is 14.5. The van der Waals surface area contributed by atoms with Gasteiger partial charge in [0.05, 0.1) is 28.8 Å². The summed E-state index contributed by atoms with van der Waals surface area (Å²) in [4.78, 5) is 73.6. The van der Waals surface area contributed by atoms with Crippen LogP contribution in [0.5, 0.6) is 0 Å². The molecule has 4 atom stereocenters. The predicted octanol–water partition coefficient (Wildman–Crippen LogP) is 6.54. The zero-order chi connectivity index (χ0) is 46.2. The summed E-state index contributed by atoms with van der Waals surface area (Å²) in [6, 6.07) is 8.81. The first kappa shape index (κ1) is 46.9. The largest absolute Gasteiger partial charge is 0.385 e. The van der Waals surface area contributed by atoms with Gasteiger partial charge in [-0.3, -0.25) is 32.9 Å². The molecule has 64 heavy (non-hydrogen) atoms. The molecule has 1 saturated carbocycles. The molecule has 5 heterocycles. The zero-order valence-electron chi connectivity index (χ0n) is 38.0. The third-order valence-corrected chi connectivity index (χ3v) is 12.2. The number of nitrogens with one attached hydrogen (secondary N) is 4. The molecule has 0 spiro atoms. The van der Waals surface area contributed by atoms with E-state index < -0.39 is 18.1 Å². The molecule has 1 saturated heterocycles. The standard InChI is InChI=1S/C43H52N10O5.C5H9F/c1-8-26(2)32(23-33(44-5)39-47-25-37(28(4)54)50(39)6)49-31-13-11-21-52(42(31)57)38-19-16-30(24-46-38)40(55)45-20-10-9-12-29-15-18-34-36(22-29)51(7)43(58)53(34)35-17-14-27(3)48-41(35)56;1-2-4-3-5(4)6/h11,13,15,18-19,21-25,30,35,44,49H,3,8-10,12,14,16-17,20H2,1-2,4-7H3,(H,45,55)(H,48,56);4-5H,2-3H2,1H3/b32-26-,33-23+;/t;4?,5-/m.0/s1. The predicted molar refractivity (Wildman–Crippen MR) is 250 cm³/mol. The number of hydrogen-bond donors (Lipinski definition) is 4. The number of aliphatic imine (C=N–C) groups is 1. The number of fused-ring (bicyclic) bond motifs is 1. The highest BCUT2D eigenvalue weighted by Gasteiger charge is 2.35. The highest BCUT2D eigenvalue weighted by atomic mass is 19.1. The number of carbonyl (C=O) groups is 3. The molecule has 7 rings (SSSR count). The molecular formula is C48H61FN10O5. The number of Topliss-reactive ketones (excluding diaryl/α,β-unsaturated/α-hetero) is 1. The Bertz CT molecular complexity index is 2670. The monoisotopic (exact) mass is 876 g/mol. The van der Waals surface area contributed by atoms with Gasteiger partial charge in [-0.2, -0.15) is 0 Å². The normalized spacial score (nSPS) is 19.9. The Morgan fingerprint density at radius 1 is 1.06 bits per heavy atom. The van der Waals surface area contributed by atoms with Gasteiger partial charge in [-0.05, 0) is 112 Å². The first-order valence-electron chi connectivity index (χ1n) is 22.1. The van der Waals surface area contributed by atoms with Crippen molar-refractivity contribution in [1.29, 1.82) is 0 Å². The van der Waals surface area contributed by atoms with Crippen molar-refractivity contribution in [2.24, 2.45) is 30.9 Å². The molecule has 3 unspecified atom stereocenters. The minimum absolute atomic E-state index is 0.0884. The second kappa shape index (κ2) is 20.7. The number of piperidine rings is 1. The van der Waals surface area contributed by atoms with Gasteiger partial charge in [0.25, 0.3) is 5.56 Å². The number of rotatable bonds is 16. The van der Waals surface area contributed by atoms with Crippen LogP contribution in [-0.4, -0.2) is 66.8 Å². The van der Waals surface area contributed by atoms with Crippen LogP contribution in [0.1, 0.15) is 107 Å². The highest BCUT2D eigenvalue weighted by Crippen LogP contribution is 2.36. The number of unbranched alkanes of at least 4 members (excludes halogenated alkanes) is 1. The van der Waals surface area contributed by atoms with E-state index in [4.69, 9.17) is 0 Å². The third kappa shape index (κ3) is 10.6. The lowest BCUT2D eigenvalue weighted by Crippen LogP contribution is -2.40. The Balaban J connectivity index is 0.00000105. The van der Waals surface area contributed by atoms with Crippen molar-refractivity contribution in [3.8, 4) is 0 Å². The molecule has 340 valence electrons. The van der Waals surface area contributed by atoms with Crippen LogP contribution in [0.4, 0.5) is 10.1 Å². The minimum Gasteiger partial charge on any atom is -0.385 e. The van der Waals surface area contributed by atoms with Gasteiger partial charge in [-0.15, -0.1) is 0 Å². The maximum absolute atomic E-state index is 13.7. The molecular weight excluding hydrogens is 816 g/mol. The lowest BCUT2D eigenvalue weighted by Gasteiger charge is -2.24. The SMILES string of the molecule is C=C1CCC(n2c(=O)n(C)c3cc(CCCCNC(=O)C4C=NC(n5cccc(NC(/C=C(/NC)c6ncc(C(C)=O)n6C)=C(/C)CC)c5=O)=CC4)ccc32)C(=O)N1.CCC1C[C@@H]1F. The van der Waals surface area contributed by atoms with E-state index in [9.17, 15) is 28.4 Å². The van der Waals surface area contributed by atoms with Crippen molar-refractivity contribution < 1.29 is 18.8 Å². The first-order valence-corrected chi connectivity index (χ1v) is 22.1. The van der Waals surface area contributed by atoms with Gasteiger partial charge in [0.1, 0.15) is 29.4 Å². The molecule has 1 aliphatic carbocycles. The maximum Gasteiger partial charge on any atom is 0.329 e. The topological polar surface area (TPSA) is 178 Å². The van der Waals surface area contributed by atoms with Crippen molar-refractivity contribution in [2.45, 2.75) is 97.7 Å². The summed E-state index contributed by atoms with van der Waals surface area (Å²) in [7, 11) is 5.28. The number of hydrogen-bond acceptors (Lipinski definition) is 9. The maximum atomic E-state index is 13.7. The lowest BCUT2D eigenvalue weighted by atomic mass is 10.0. The second-order valence-corrected chi connectivity index (χ2v) is 16.7. The molecule has 2 aliphatic heterocycles. The molecule has 3 aliphatic rings. The molecule has 3 aromatic heterocycles. The van der Waals surface area contributed by atoms with E-state index in [0.717, 1.165) is 60.7 Å². The van der Waals surface area contributed by atoms with Gasteiger partial charge in [0.2, 0.25) is 11.8 Å². The number of pyridine rings is 1. The van der Waals surface area contributed by atoms with Gasteiger partial charge in [-0.1, -0.05) is 32.9 Å². The molecule has 4 aromatic rings. The molecule has 0 radical (unpaired) electrons. The van der Waals surface area contributed by atoms with E-state index in [1.54, 1.807) is 71.7 Å². The van der Waals surface area contributed by atoms with Crippen LogP contribution in [0, 0.1) is 11.8 Å². The average molecular weight is 877 g/mol. The second-order valence-electron chi connectivity index (χ2n) is 16.7. The fourth-order valence-electron chi connectivity index (χ4n) is 7.90. The Morgan fingerprint density at radius 3 is 2.44 bits per heavy atom. The summed E-state index contributed by atoms with van der Waals surface area (Å²) >= 11 is 0. The van der Waals surface area contributed by atoms with Crippen molar-refractivity contribution in [3.05, 3.63) is 116 Å². The van der Waals surface area contributed by atoms with Crippen LogP contribution in [0.15, 0.2) is 93.0 Å². The smallest absolute Gasteiger partial charge is 0.329 e. The zero-order valence-corrected chi connectivity index (χ0v) is 38.0. The summed E-state index contributed by atoms with van der Waals surface area (Å²) < 4.78 is 18.1. The van der Waals surface area contributed by atoms with Crippen molar-refractivity contribution >= 4 is 52.1 Å². The average Bonchev–Trinajstić information content (AvgIpc) is 3.80. The third-order valence-electron chi connectivity index (χ3n) is 12.2. The Kier molecular flexibility index (Phi) is 15.2. The molecule has 16 heteroatoms. The summed E-state index contributed by atoms with van der Waals surface area (Å²) in [5.41, 5.74) is 5.95. The van der Waals surface area contributed by atoms with Crippen LogP contribution in [0.2, 0.25) is 0 Å². The molecule has 2 fully saturated rings. The number of benzene rings is 1. The van der Waals surface area contributed by atoms with Crippen LogP contribution in [-0.2, 0) is 30.1 Å². The van der Waals surface area contributed by atoms with Gasteiger partial charge in [-0.25, -0.2) is 19.2 Å². The quantitative estimate of drug-likeness (QED) is 0.0557. The summed E-state index contributed by atoms with van der Waals surface area (Å²) in [5.74, 6) is 0.560. The summed E-state index contributed by atoms with van der Waals surface area (Å²) in [6.45, 7) is 11.9. The van der Waals surface area contributed by atoms with Gasteiger partial charge < -0.3 is 25.8 Å². The van der Waals surface area contributed by atoms with Crippen molar-refractivity contribution in [2.75, 3.05) is 18.9 Å². The van der Waals surface area contributed by atoms with Crippen molar-refractivity contribution in [1.82, 2.24) is 39.2 Å². The highest BCUT2D eigenvalue weighted by molar-refractivity contribution is 5.95. The minimum atomic E-state index is -0.569. The van der Waals surface area contributed by atoms with Gasteiger partial charge >= 0.3 is 5.69 Å². The molecule has 4 N–H and O–H groups in total. The first-order chi connectivity index (χ1) is 30.7. The molecule has 0 bridgehead atoms. The number of aromatic nitrogens is 5. The number of amides is 2. The number of anilines is 1. The van der Waals surface area contributed by atoms with E-state index in [0.29, 0.717) is 71.8 Å². The Hall–Kier alpha value is -6.58. The Morgan fingerprint density at radius 2 is 1.83 bits per heavy atom. The Labute approximate surface area is 372 Å². The van der Waals surface area contributed by atoms with E-state index >= 15 is 0 Å². The number of aryl methyl sites for hydroxylation is 2. The van der Waals surface area contributed by atoms with Crippen LogP contribution in [0.3, 0.4) is 0 Å². The lowest BCUT2D eigenvalue weighted by molar-refractivity contribution is -0.125. The fraction of sp³-hybridized carbons (Fsp3) is 0.438. The number of ketones is 1. The van der Waals surface area contributed by atoms with Crippen molar-refractivity contribution in [3.63, 3.8) is 0 Å². The number of nitrogens with zero attached hydrogens (tertiary/aromatic N) is 6. The van der Waals surface area contributed by atoms with Crippen LogP contribution >= 0.6 is 0 Å². The van der Waals surface area contributed by atoms with E-state index in [-0.39, 0.29) is 28.8 Å². The number of alkyl halides is 1. The van der Waals surface area contributed by atoms with E-state index in [1.807, 2.05) is 45.0 Å². The molecule has 1 aromatic carbocycles. The van der Waals surface area contributed by atoms with Gasteiger partial charge in [0.15, 0.2) is 11.6 Å². The van der Waals surface area contributed by atoms with Gasteiger partial charge in [0, 0.05) is 58.4 Å². The number of imidazole rings is 2. The van der Waals surface area contributed by atoms with Crippen LogP contribution < -0.4 is 32.5 Å². The number of allylic oxidation sites excluding steroid dienone is 4. The molecule has 2 amide bonds. The van der Waals surface area contributed by atoms with E-state index in [1.165, 1.54) is 11.5 Å². The van der Waals surface area contributed by atoms with Crippen LogP contribution in [0.25, 0.3) is 22.6 Å². The fourth-order valence-corrected chi connectivity index (χ4v) is 7.90. The number of halogens is 1. The molecule has 15 nitrogen and oxygen atoms in total. The summed E-state index contributed by atoms with van der Waals surface area (Å²) in [5, 5.41) is 12.3.